The molecule has 29 heavy (non-hydrogen) atoms. The topological polar surface area (TPSA) is 61.4 Å². The number of aliphatic imine (C=N–C) groups is 1. The summed E-state index contributed by atoms with van der Waals surface area (Å²) in [7, 11) is 1.65. The molecule has 1 aliphatic heterocycles. The highest BCUT2D eigenvalue weighted by Gasteiger charge is 2.17. The maximum atomic E-state index is 5.67. The third-order valence-corrected chi connectivity index (χ3v) is 5.11. The predicted molar refractivity (Wildman–Crippen MR) is 121 cm³/mol. The van der Waals surface area contributed by atoms with Crippen molar-refractivity contribution >= 4 is 11.6 Å². The molecule has 0 radical (unpaired) electrons. The number of likely N-dealkylation sites (N-methyl/N-ethyl adjacent to an activating group) is 1. The van der Waals surface area contributed by atoms with E-state index in [4.69, 9.17) is 14.5 Å². The number of benzene rings is 1. The molecule has 1 atom stereocenters. The van der Waals surface area contributed by atoms with Crippen molar-refractivity contribution in [2.45, 2.75) is 27.7 Å². The number of hydrogen-bond acceptors (Lipinski definition) is 5. The quantitative estimate of drug-likeness (QED) is 0.461. The molecule has 7 heteroatoms. The van der Waals surface area contributed by atoms with Crippen LogP contribution in [-0.4, -0.2) is 81.8 Å². The van der Waals surface area contributed by atoms with Gasteiger partial charge in [-0.3, -0.25) is 4.99 Å². The highest BCUT2D eigenvalue weighted by molar-refractivity contribution is 5.93. The van der Waals surface area contributed by atoms with Gasteiger partial charge in [-0.2, -0.15) is 0 Å². The fraction of sp³-hybridized carbons (Fsp3) is 0.682. The van der Waals surface area contributed by atoms with E-state index < -0.39 is 0 Å². The Morgan fingerprint density at radius 2 is 1.83 bits per heavy atom. The van der Waals surface area contributed by atoms with Gasteiger partial charge in [0.1, 0.15) is 0 Å². The van der Waals surface area contributed by atoms with Crippen LogP contribution >= 0.6 is 0 Å². The number of rotatable bonds is 10. The van der Waals surface area contributed by atoms with E-state index in [0.29, 0.717) is 12.5 Å². The van der Waals surface area contributed by atoms with Gasteiger partial charge in [0.05, 0.1) is 13.7 Å². The van der Waals surface area contributed by atoms with E-state index in [9.17, 15) is 0 Å². The second-order valence-corrected chi connectivity index (χ2v) is 7.48. The molecule has 1 saturated heterocycles. The molecule has 1 aromatic carbocycles. The van der Waals surface area contributed by atoms with Gasteiger partial charge in [0.15, 0.2) is 17.5 Å². The SMILES string of the molecule is CCNC(=NCC(C)CN1CCN(CC)CC1)Nc1ccc(OC)c(OCC)c1. The van der Waals surface area contributed by atoms with E-state index >= 15 is 0 Å². The summed E-state index contributed by atoms with van der Waals surface area (Å²) in [6.07, 6.45) is 0. The molecule has 1 fully saturated rings. The molecule has 0 saturated carbocycles. The summed E-state index contributed by atoms with van der Waals surface area (Å²) in [6, 6.07) is 5.84. The lowest BCUT2D eigenvalue weighted by Crippen LogP contribution is -2.47. The molecule has 1 aromatic rings. The first-order valence-electron chi connectivity index (χ1n) is 10.9. The Kier molecular flexibility index (Phi) is 10.1. The van der Waals surface area contributed by atoms with Crippen molar-refractivity contribution < 1.29 is 9.47 Å². The number of nitrogens with zero attached hydrogens (tertiary/aromatic N) is 3. The highest BCUT2D eigenvalue weighted by atomic mass is 16.5. The zero-order valence-electron chi connectivity index (χ0n) is 18.8. The molecule has 0 spiro atoms. The average molecular weight is 406 g/mol. The van der Waals surface area contributed by atoms with Crippen LogP contribution in [0, 0.1) is 5.92 Å². The fourth-order valence-electron chi connectivity index (χ4n) is 3.50. The predicted octanol–water partition coefficient (Wildman–Crippen LogP) is 2.74. The second kappa shape index (κ2) is 12.5. The van der Waals surface area contributed by atoms with Gasteiger partial charge in [-0.25, -0.2) is 0 Å². The molecule has 2 rings (SSSR count). The molecule has 0 bridgehead atoms. The molecule has 1 unspecified atom stereocenters. The number of nitrogens with one attached hydrogen (secondary N) is 2. The van der Waals surface area contributed by atoms with Gasteiger partial charge < -0.3 is 29.9 Å². The third-order valence-electron chi connectivity index (χ3n) is 5.11. The molecule has 0 aromatic heterocycles. The monoisotopic (exact) mass is 405 g/mol. The normalized spacial score (nSPS) is 17.1. The summed E-state index contributed by atoms with van der Waals surface area (Å²) in [4.78, 5) is 9.88. The first-order valence-corrected chi connectivity index (χ1v) is 10.9. The molecule has 0 aliphatic carbocycles. The van der Waals surface area contributed by atoms with Crippen LogP contribution in [0.4, 0.5) is 5.69 Å². The Hall–Kier alpha value is -1.99. The van der Waals surface area contributed by atoms with E-state index in [-0.39, 0.29) is 0 Å². The molecule has 1 aliphatic rings. The number of anilines is 1. The smallest absolute Gasteiger partial charge is 0.195 e. The molecule has 1 heterocycles. The molecule has 164 valence electrons. The molecule has 0 amide bonds. The lowest BCUT2D eigenvalue weighted by molar-refractivity contribution is 0.125. The number of guanidine groups is 1. The van der Waals surface area contributed by atoms with Crippen LogP contribution in [0.5, 0.6) is 11.5 Å². The Morgan fingerprint density at radius 1 is 1.10 bits per heavy atom. The minimum Gasteiger partial charge on any atom is -0.493 e. The zero-order valence-corrected chi connectivity index (χ0v) is 18.8. The Morgan fingerprint density at radius 3 is 2.45 bits per heavy atom. The van der Waals surface area contributed by atoms with Gasteiger partial charge in [0, 0.05) is 57.6 Å². The maximum absolute atomic E-state index is 5.67. The summed E-state index contributed by atoms with van der Waals surface area (Å²) < 4.78 is 11.0. The van der Waals surface area contributed by atoms with Crippen molar-refractivity contribution in [1.82, 2.24) is 15.1 Å². The van der Waals surface area contributed by atoms with Crippen LogP contribution in [0.3, 0.4) is 0 Å². The number of ether oxygens (including phenoxy) is 2. The zero-order chi connectivity index (χ0) is 21.1. The van der Waals surface area contributed by atoms with E-state index in [1.807, 2.05) is 25.1 Å². The van der Waals surface area contributed by atoms with Crippen molar-refractivity contribution in [3.05, 3.63) is 18.2 Å². The number of methoxy groups -OCH3 is 1. The van der Waals surface area contributed by atoms with Crippen LogP contribution in [0.1, 0.15) is 27.7 Å². The van der Waals surface area contributed by atoms with E-state index in [0.717, 1.165) is 62.4 Å². The van der Waals surface area contributed by atoms with Gasteiger partial charge in [0.25, 0.3) is 0 Å². The minimum atomic E-state index is 0.508. The van der Waals surface area contributed by atoms with Gasteiger partial charge in [-0.05, 0) is 38.4 Å². The number of piperazine rings is 1. The highest BCUT2D eigenvalue weighted by Crippen LogP contribution is 2.30. The largest absolute Gasteiger partial charge is 0.493 e. The van der Waals surface area contributed by atoms with E-state index in [2.05, 4.69) is 41.2 Å². The standard InChI is InChI=1S/C22H39N5O2/c1-6-23-22(25-19-9-10-20(28-5)21(15-19)29-8-3)24-16-18(4)17-27-13-11-26(7-2)12-14-27/h9-10,15,18H,6-8,11-14,16-17H2,1-5H3,(H2,23,24,25). The van der Waals surface area contributed by atoms with Crippen molar-refractivity contribution in [3.63, 3.8) is 0 Å². The van der Waals surface area contributed by atoms with Gasteiger partial charge in [-0.15, -0.1) is 0 Å². The lowest BCUT2D eigenvalue weighted by atomic mass is 10.1. The van der Waals surface area contributed by atoms with Crippen LogP contribution in [0.2, 0.25) is 0 Å². The van der Waals surface area contributed by atoms with E-state index in [1.54, 1.807) is 7.11 Å². The van der Waals surface area contributed by atoms with Crippen molar-refractivity contribution in [3.8, 4) is 11.5 Å². The van der Waals surface area contributed by atoms with Crippen LogP contribution in [0.25, 0.3) is 0 Å². The van der Waals surface area contributed by atoms with Crippen molar-refractivity contribution in [2.24, 2.45) is 10.9 Å². The van der Waals surface area contributed by atoms with E-state index in [1.165, 1.54) is 13.1 Å². The summed E-state index contributed by atoms with van der Waals surface area (Å²) in [5, 5.41) is 6.72. The molecule has 7 nitrogen and oxygen atoms in total. The Bertz CT molecular complexity index is 630. The van der Waals surface area contributed by atoms with Crippen LogP contribution < -0.4 is 20.1 Å². The molecule has 2 N–H and O–H groups in total. The fourth-order valence-corrected chi connectivity index (χ4v) is 3.50. The van der Waals surface area contributed by atoms with Gasteiger partial charge >= 0.3 is 0 Å². The minimum absolute atomic E-state index is 0.508. The van der Waals surface area contributed by atoms with Crippen LogP contribution in [0.15, 0.2) is 23.2 Å². The molecular weight excluding hydrogens is 366 g/mol. The third kappa shape index (κ3) is 7.74. The summed E-state index contributed by atoms with van der Waals surface area (Å²) in [5.74, 6) is 2.77. The maximum Gasteiger partial charge on any atom is 0.195 e. The van der Waals surface area contributed by atoms with Crippen molar-refractivity contribution in [1.29, 1.82) is 0 Å². The summed E-state index contributed by atoms with van der Waals surface area (Å²) in [5.41, 5.74) is 0.928. The Labute approximate surface area is 176 Å². The summed E-state index contributed by atoms with van der Waals surface area (Å²) in [6.45, 7) is 17.7. The summed E-state index contributed by atoms with van der Waals surface area (Å²) >= 11 is 0. The van der Waals surface area contributed by atoms with Gasteiger partial charge in [0.2, 0.25) is 0 Å². The first kappa shape index (κ1) is 23.3. The van der Waals surface area contributed by atoms with Crippen molar-refractivity contribution in [2.75, 3.05) is 71.4 Å². The van der Waals surface area contributed by atoms with Gasteiger partial charge in [-0.1, -0.05) is 13.8 Å². The first-order chi connectivity index (χ1) is 14.1. The second-order valence-electron chi connectivity index (χ2n) is 7.48. The lowest BCUT2D eigenvalue weighted by Gasteiger charge is -2.35. The number of hydrogen-bond donors (Lipinski definition) is 2. The van der Waals surface area contributed by atoms with Crippen LogP contribution in [-0.2, 0) is 0 Å². The Balaban J connectivity index is 1.92. The molecular formula is C22H39N5O2. The average Bonchev–Trinajstić information content (AvgIpc) is 2.73.